The Bertz CT molecular complexity index is 1260. The van der Waals surface area contributed by atoms with E-state index in [4.69, 9.17) is 9.15 Å². The molecule has 3 aromatic heterocycles. The third-order valence-corrected chi connectivity index (χ3v) is 5.99. The first-order valence-electron chi connectivity index (χ1n) is 9.32. The van der Waals surface area contributed by atoms with Gasteiger partial charge in [-0.2, -0.15) is 4.68 Å². The second-order valence-electron chi connectivity index (χ2n) is 6.30. The van der Waals surface area contributed by atoms with E-state index >= 15 is 0 Å². The van der Waals surface area contributed by atoms with Gasteiger partial charge in [-0.05, 0) is 23.9 Å². The van der Waals surface area contributed by atoms with E-state index in [0.717, 1.165) is 10.2 Å². The number of ether oxygens (including phenoxy) is 1. The van der Waals surface area contributed by atoms with Crippen molar-refractivity contribution in [3.8, 4) is 21.9 Å². The molecule has 0 spiro atoms. The maximum absolute atomic E-state index is 12.6. The van der Waals surface area contributed by atoms with Gasteiger partial charge in [0.25, 0.3) is 5.89 Å². The van der Waals surface area contributed by atoms with Gasteiger partial charge in [-0.3, -0.25) is 4.79 Å². The Hall–Kier alpha value is -3.50. The fourth-order valence-corrected chi connectivity index (χ4v) is 4.51. The lowest BCUT2D eigenvalue weighted by molar-refractivity contribution is -0.117. The van der Waals surface area contributed by atoms with Gasteiger partial charge in [0, 0.05) is 10.9 Å². The highest BCUT2D eigenvalue weighted by molar-refractivity contribution is 7.15. The third-order valence-electron chi connectivity index (χ3n) is 4.24. The molecule has 1 N–H and O–H groups in total. The molecule has 10 heteroatoms. The second kappa shape index (κ2) is 9.11. The van der Waals surface area contributed by atoms with E-state index in [9.17, 15) is 14.4 Å². The minimum atomic E-state index is -0.736. The normalized spacial score (nSPS) is 10.7. The van der Waals surface area contributed by atoms with Crippen LogP contribution in [-0.2, 0) is 16.1 Å². The van der Waals surface area contributed by atoms with Crippen molar-refractivity contribution < 1.29 is 18.7 Å². The van der Waals surface area contributed by atoms with E-state index in [2.05, 4.69) is 10.4 Å². The largest absolute Gasteiger partial charge is 0.462 e. The molecule has 0 aliphatic carbocycles. The van der Waals surface area contributed by atoms with E-state index in [0.29, 0.717) is 15.4 Å². The van der Waals surface area contributed by atoms with Gasteiger partial charge in [0.05, 0.1) is 11.5 Å². The third kappa shape index (κ3) is 4.49. The van der Waals surface area contributed by atoms with Gasteiger partial charge in [-0.15, -0.1) is 27.8 Å². The van der Waals surface area contributed by atoms with E-state index in [1.807, 2.05) is 41.8 Å². The number of carbonyl (C=O) groups excluding carboxylic acids is 2. The fraction of sp³-hybridized carbons (Fsp3) is 0.143. The van der Waals surface area contributed by atoms with Crippen LogP contribution in [0.1, 0.15) is 17.3 Å². The van der Waals surface area contributed by atoms with Crippen LogP contribution < -0.4 is 11.1 Å². The Kier molecular flexibility index (Phi) is 6.10. The fourth-order valence-electron chi connectivity index (χ4n) is 2.89. The molecule has 0 bridgehead atoms. The molecule has 4 rings (SSSR count). The molecule has 1 aromatic carbocycles. The van der Waals surface area contributed by atoms with Crippen LogP contribution >= 0.6 is 22.7 Å². The Labute approximate surface area is 184 Å². The topological polar surface area (TPSA) is 103 Å². The molecule has 8 nitrogen and oxygen atoms in total. The molecule has 0 aliphatic heterocycles. The molecule has 1 amide bonds. The zero-order chi connectivity index (χ0) is 21.8. The Morgan fingerprint density at radius 2 is 1.97 bits per heavy atom. The zero-order valence-electron chi connectivity index (χ0n) is 16.4. The van der Waals surface area contributed by atoms with Crippen LogP contribution in [0.4, 0.5) is 5.00 Å². The molecule has 158 valence electrons. The van der Waals surface area contributed by atoms with E-state index in [1.54, 1.807) is 18.4 Å². The van der Waals surface area contributed by atoms with Crippen molar-refractivity contribution >= 4 is 39.6 Å². The lowest BCUT2D eigenvalue weighted by Crippen LogP contribution is -2.26. The van der Waals surface area contributed by atoms with E-state index < -0.39 is 17.6 Å². The summed E-state index contributed by atoms with van der Waals surface area (Å²) < 4.78 is 11.3. The van der Waals surface area contributed by atoms with Crippen molar-refractivity contribution in [2.45, 2.75) is 13.5 Å². The minimum Gasteiger partial charge on any atom is -0.462 e. The van der Waals surface area contributed by atoms with Gasteiger partial charge in [-0.25, -0.2) is 9.59 Å². The van der Waals surface area contributed by atoms with Crippen LogP contribution in [0.2, 0.25) is 0 Å². The first-order chi connectivity index (χ1) is 15.1. The van der Waals surface area contributed by atoms with Crippen LogP contribution in [0.5, 0.6) is 0 Å². The van der Waals surface area contributed by atoms with Crippen LogP contribution in [0.3, 0.4) is 0 Å². The standard InChI is InChI=1S/C21H17N3O5S2/c1-2-28-20(26)17-14(13-7-4-3-5-8-13)12-31-19(17)22-16(25)11-24-21(27)29-18(23-24)15-9-6-10-30-15/h3-10,12H,2,11H2,1H3,(H,22,25). The molecular weight excluding hydrogens is 438 g/mol. The first-order valence-corrected chi connectivity index (χ1v) is 11.1. The van der Waals surface area contributed by atoms with E-state index in [-0.39, 0.29) is 24.6 Å². The number of anilines is 1. The summed E-state index contributed by atoms with van der Waals surface area (Å²) in [5, 5.41) is 10.7. The number of benzene rings is 1. The second-order valence-corrected chi connectivity index (χ2v) is 8.12. The molecule has 31 heavy (non-hydrogen) atoms. The SMILES string of the molecule is CCOC(=O)c1c(-c2ccccc2)csc1NC(=O)Cn1nc(-c2cccs2)oc1=O. The van der Waals surface area contributed by atoms with Crippen LogP contribution in [0.25, 0.3) is 21.9 Å². The van der Waals surface area contributed by atoms with Crippen molar-refractivity contribution in [1.29, 1.82) is 0 Å². The molecule has 0 radical (unpaired) electrons. The highest BCUT2D eigenvalue weighted by atomic mass is 32.1. The minimum absolute atomic E-state index is 0.155. The average Bonchev–Trinajstić information content (AvgIpc) is 3.50. The molecule has 4 aromatic rings. The average molecular weight is 456 g/mol. The number of esters is 1. The number of aromatic nitrogens is 2. The van der Waals surface area contributed by atoms with Gasteiger partial charge in [0.1, 0.15) is 17.1 Å². The van der Waals surface area contributed by atoms with Gasteiger partial charge in [0.15, 0.2) is 0 Å². The zero-order valence-corrected chi connectivity index (χ0v) is 18.0. The highest BCUT2D eigenvalue weighted by Gasteiger charge is 2.23. The summed E-state index contributed by atoms with van der Waals surface area (Å²) in [6, 6.07) is 12.9. The number of nitrogens with zero attached hydrogens (tertiary/aromatic N) is 2. The van der Waals surface area contributed by atoms with Gasteiger partial charge in [-0.1, -0.05) is 36.4 Å². The summed E-state index contributed by atoms with van der Waals surface area (Å²) in [7, 11) is 0. The Morgan fingerprint density at radius 1 is 1.16 bits per heavy atom. The lowest BCUT2D eigenvalue weighted by Gasteiger charge is -2.08. The predicted octanol–water partition coefficient (Wildman–Crippen LogP) is 4.11. The molecule has 0 saturated heterocycles. The van der Waals surface area contributed by atoms with E-state index in [1.165, 1.54) is 22.7 Å². The Morgan fingerprint density at radius 3 is 2.68 bits per heavy atom. The summed E-state index contributed by atoms with van der Waals surface area (Å²) in [5.74, 6) is -1.63. The number of rotatable bonds is 7. The van der Waals surface area contributed by atoms with Gasteiger partial charge in [0.2, 0.25) is 5.91 Å². The molecular formula is C21H17N3O5S2. The van der Waals surface area contributed by atoms with Gasteiger partial charge >= 0.3 is 11.7 Å². The summed E-state index contributed by atoms with van der Waals surface area (Å²) in [6.45, 7) is 1.57. The molecule has 0 unspecified atom stereocenters. The predicted molar refractivity (Wildman–Crippen MR) is 118 cm³/mol. The maximum atomic E-state index is 12.6. The van der Waals surface area contributed by atoms with Crippen molar-refractivity contribution in [3.05, 3.63) is 69.3 Å². The molecule has 0 atom stereocenters. The smallest absolute Gasteiger partial charge is 0.437 e. The summed E-state index contributed by atoms with van der Waals surface area (Å²) in [6.07, 6.45) is 0. The van der Waals surface area contributed by atoms with Crippen LogP contribution in [0.15, 0.2) is 62.4 Å². The number of carbonyl (C=O) groups is 2. The van der Waals surface area contributed by atoms with Crippen molar-refractivity contribution in [1.82, 2.24) is 9.78 Å². The molecule has 0 saturated carbocycles. The van der Waals surface area contributed by atoms with Crippen molar-refractivity contribution in [2.75, 3.05) is 11.9 Å². The molecule has 3 heterocycles. The quantitative estimate of drug-likeness (QED) is 0.421. The molecule has 0 aliphatic rings. The number of nitrogens with one attached hydrogen (secondary N) is 1. The monoisotopic (exact) mass is 455 g/mol. The van der Waals surface area contributed by atoms with Crippen molar-refractivity contribution in [2.24, 2.45) is 0 Å². The molecule has 0 fully saturated rings. The summed E-state index contributed by atoms with van der Waals surface area (Å²) in [5.41, 5.74) is 1.77. The van der Waals surface area contributed by atoms with Crippen molar-refractivity contribution in [3.63, 3.8) is 0 Å². The van der Waals surface area contributed by atoms with Gasteiger partial charge < -0.3 is 14.5 Å². The Balaban J connectivity index is 1.58. The number of hydrogen-bond acceptors (Lipinski definition) is 8. The first kappa shape index (κ1) is 20.8. The van der Waals surface area contributed by atoms with Crippen LogP contribution in [0, 0.1) is 0 Å². The summed E-state index contributed by atoms with van der Waals surface area (Å²) in [4.78, 5) is 38.0. The lowest BCUT2D eigenvalue weighted by atomic mass is 10.0. The van der Waals surface area contributed by atoms with Crippen LogP contribution in [-0.4, -0.2) is 28.3 Å². The summed E-state index contributed by atoms with van der Waals surface area (Å²) >= 11 is 2.58. The highest BCUT2D eigenvalue weighted by Crippen LogP contribution is 2.36. The number of amides is 1. The number of thiophene rings is 2. The number of hydrogen-bond donors (Lipinski definition) is 1. The maximum Gasteiger partial charge on any atom is 0.437 e.